The molecule has 0 aliphatic carbocycles. The van der Waals surface area contributed by atoms with Crippen molar-refractivity contribution in [2.24, 2.45) is 0 Å². The second-order valence-corrected chi connectivity index (χ2v) is 10.1. The number of amides is 1. The Kier molecular flexibility index (Phi) is 6.51. The molecular weight excluding hydrogens is 472 g/mol. The zero-order chi connectivity index (χ0) is 23.8. The highest BCUT2D eigenvalue weighted by molar-refractivity contribution is 7.92. The number of fused-ring (bicyclic) bond motifs is 2. The number of rotatable bonds is 5. The number of nitrogens with one attached hydrogen (secondary N) is 1. The quantitative estimate of drug-likeness (QED) is 0.655. The first-order chi connectivity index (χ1) is 15.7. The predicted molar refractivity (Wildman–Crippen MR) is 120 cm³/mol. The highest BCUT2D eigenvalue weighted by Crippen LogP contribution is 2.33. The number of carbonyl (C=O) groups is 2. The summed E-state index contributed by atoms with van der Waals surface area (Å²) in [6.45, 7) is 0.135. The van der Waals surface area contributed by atoms with Crippen LogP contribution in [0.1, 0.15) is 29.6 Å². The Balaban J connectivity index is 1.58. The molecule has 1 amide bonds. The molecule has 3 atom stereocenters. The SMILES string of the molecule is CN1C(=O)c2cc(NS(=O)(=O)c3ccccc3Cl)ccc2OC[C@H]2O[C@H](CC(=O)O)CC[C@H]21. The van der Waals surface area contributed by atoms with Gasteiger partial charge in [0.25, 0.3) is 15.9 Å². The number of ether oxygens (including phenoxy) is 2. The molecule has 0 radical (unpaired) electrons. The summed E-state index contributed by atoms with van der Waals surface area (Å²) in [7, 11) is -2.32. The zero-order valence-electron chi connectivity index (χ0n) is 17.7. The maximum absolute atomic E-state index is 13.2. The minimum absolute atomic E-state index is 0.0729. The van der Waals surface area contributed by atoms with Crippen LogP contribution in [0.25, 0.3) is 0 Å². The number of hydrogen-bond donors (Lipinski definition) is 2. The number of sulfonamides is 1. The van der Waals surface area contributed by atoms with E-state index in [1.807, 2.05) is 0 Å². The summed E-state index contributed by atoms with van der Waals surface area (Å²) < 4.78 is 39.8. The number of nitrogens with zero attached hydrogens (tertiary/aromatic N) is 1. The van der Waals surface area contributed by atoms with Crippen LogP contribution < -0.4 is 9.46 Å². The van der Waals surface area contributed by atoms with Gasteiger partial charge in [0.15, 0.2) is 0 Å². The Morgan fingerprint density at radius 3 is 2.73 bits per heavy atom. The summed E-state index contributed by atoms with van der Waals surface area (Å²) in [5, 5.41) is 9.13. The van der Waals surface area contributed by atoms with Gasteiger partial charge in [0.05, 0.1) is 29.2 Å². The van der Waals surface area contributed by atoms with Crippen molar-refractivity contribution in [1.82, 2.24) is 4.90 Å². The third-order valence-electron chi connectivity index (χ3n) is 5.79. The van der Waals surface area contributed by atoms with Crippen LogP contribution >= 0.6 is 11.6 Å². The van der Waals surface area contributed by atoms with Crippen molar-refractivity contribution >= 4 is 39.2 Å². The number of carboxylic acid groups (broad SMARTS) is 1. The van der Waals surface area contributed by atoms with E-state index in [0.29, 0.717) is 12.8 Å². The fourth-order valence-corrected chi connectivity index (χ4v) is 5.73. The first-order valence-electron chi connectivity index (χ1n) is 10.3. The Labute approximate surface area is 196 Å². The van der Waals surface area contributed by atoms with Crippen LogP contribution in [0.4, 0.5) is 5.69 Å². The summed E-state index contributed by atoms with van der Waals surface area (Å²) in [5.41, 5.74) is 0.403. The molecule has 0 bridgehead atoms. The van der Waals surface area contributed by atoms with Crippen LogP contribution in [0.5, 0.6) is 5.75 Å². The van der Waals surface area contributed by atoms with Crippen LogP contribution in [-0.4, -0.2) is 62.2 Å². The number of likely N-dealkylation sites (N-methyl/N-ethyl adjacent to an activating group) is 1. The number of hydrogen-bond acceptors (Lipinski definition) is 6. The number of anilines is 1. The normalized spacial score (nSPS) is 22.9. The lowest BCUT2D eigenvalue weighted by atomic mass is 9.95. The Bertz CT molecular complexity index is 1190. The average Bonchev–Trinajstić information content (AvgIpc) is 2.76. The molecule has 9 nitrogen and oxygen atoms in total. The molecule has 0 aromatic heterocycles. The molecule has 2 heterocycles. The Morgan fingerprint density at radius 1 is 1.24 bits per heavy atom. The van der Waals surface area contributed by atoms with Gasteiger partial charge in [-0.2, -0.15) is 0 Å². The maximum atomic E-state index is 13.2. The molecule has 0 unspecified atom stereocenters. The van der Waals surface area contributed by atoms with Gasteiger partial charge in [-0.25, -0.2) is 8.42 Å². The van der Waals surface area contributed by atoms with Crippen LogP contribution in [0, 0.1) is 0 Å². The minimum atomic E-state index is -3.97. The molecule has 2 aliphatic rings. The topological polar surface area (TPSA) is 122 Å². The molecule has 33 heavy (non-hydrogen) atoms. The van der Waals surface area contributed by atoms with E-state index in [-0.39, 0.29) is 51.9 Å². The second kappa shape index (κ2) is 9.20. The molecular formula is C22H23ClN2O7S. The number of benzene rings is 2. The summed E-state index contributed by atoms with van der Waals surface area (Å²) in [6, 6.07) is 10.2. The van der Waals surface area contributed by atoms with Crippen LogP contribution in [0.3, 0.4) is 0 Å². The summed E-state index contributed by atoms with van der Waals surface area (Å²) in [6.07, 6.45) is 0.0738. The van der Waals surface area contributed by atoms with E-state index in [1.165, 1.54) is 30.3 Å². The molecule has 1 saturated heterocycles. The summed E-state index contributed by atoms with van der Waals surface area (Å²) >= 11 is 6.03. The van der Waals surface area contributed by atoms with E-state index in [4.69, 9.17) is 26.2 Å². The van der Waals surface area contributed by atoms with Gasteiger partial charge in [-0.1, -0.05) is 23.7 Å². The third kappa shape index (κ3) is 4.92. The monoisotopic (exact) mass is 494 g/mol. The van der Waals surface area contributed by atoms with E-state index in [2.05, 4.69) is 4.72 Å². The first kappa shape index (κ1) is 23.3. The third-order valence-corrected chi connectivity index (χ3v) is 7.67. The first-order valence-corrected chi connectivity index (χ1v) is 12.2. The highest BCUT2D eigenvalue weighted by Gasteiger charge is 2.39. The van der Waals surface area contributed by atoms with E-state index in [9.17, 15) is 18.0 Å². The molecule has 4 rings (SSSR count). The van der Waals surface area contributed by atoms with Crippen LogP contribution in [0.2, 0.25) is 5.02 Å². The number of halogens is 1. The molecule has 0 spiro atoms. The second-order valence-electron chi connectivity index (χ2n) is 8.01. The number of carbonyl (C=O) groups excluding carboxylic acids is 1. The van der Waals surface area contributed by atoms with E-state index in [0.717, 1.165) is 0 Å². The molecule has 2 N–H and O–H groups in total. The lowest BCUT2D eigenvalue weighted by molar-refractivity contribution is -0.148. The van der Waals surface area contributed by atoms with Crippen molar-refractivity contribution in [3.05, 3.63) is 53.1 Å². The lowest BCUT2D eigenvalue weighted by Crippen LogP contribution is -2.53. The van der Waals surface area contributed by atoms with Crippen molar-refractivity contribution in [3.8, 4) is 5.75 Å². The van der Waals surface area contributed by atoms with Gasteiger partial charge in [0.2, 0.25) is 0 Å². The van der Waals surface area contributed by atoms with Crippen LogP contribution in [0.15, 0.2) is 47.4 Å². The van der Waals surface area contributed by atoms with Gasteiger partial charge in [-0.15, -0.1) is 0 Å². The highest BCUT2D eigenvalue weighted by atomic mass is 35.5. The van der Waals surface area contributed by atoms with E-state index in [1.54, 1.807) is 24.1 Å². The van der Waals surface area contributed by atoms with E-state index < -0.39 is 28.2 Å². The average molecular weight is 495 g/mol. The van der Waals surface area contributed by atoms with Crippen molar-refractivity contribution in [3.63, 3.8) is 0 Å². The predicted octanol–water partition coefficient (Wildman–Crippen LogP) is 3.00. The Hall–Kier alpha value is -2.82. The van der Waals surface area contributed by atoms with Gasteiger partial charge in [0.1, 0.15) is 23.4 Å². The maximum Gasteiger partial charge on any atom is 0.305 e. The standard InChI is InChI=1S/C22H23ClN2O7S/c1-25-17-8-7-14(11-21(26)27)32-19(17)12-31-18-9-6-13(10-15(18)22(25)28)24-33(29,30)20-5-3-2-4-16(20)23/h2-6,9-10,14,17,19,24H,7-8,11-12H2,1H3,(H,26,27)/t14-,17+,19+/m0/s1. The summed E-state index contributed by atoms with van der Waals surface area (Å²) in [5.74, 6) is -1.000. The minimum Gasteiger partial charge on any atom is -0.490 e. The largest absolute Gasteiger partial charge is 0.490 e. The smallest absolute Gasteiger partial charge is 0.305 e. The van der Waals surface area contributed by atoms with Gasteiger partial charge < -0.3 is 19.5 Å². The molecule has 2 aromatic rings. The van der Waals surface area contributed by atoms with Crippen LogP contribution in [-0.2, 0) is 19.6 Å². The molecule has 176 valence electrons. The molecule has 0 saturated carbocycles. The van der Waals surface area contributed by atoms with Crippen molar-refractivity contribution in [2.45, 2.75) is 42.4 Å². The summed E-state index contributed by atoms with van der Waals surface area (Å²) in [4.78, 5) is 25.8. The number of carboxylic acids is 1. The van der Waals surface area contributed by atoms with Gasteiger partial charge in [0, 0.05) is 12.7 Å². The van der Waals surface area contributed by atoms with Crippen molar-refractivity contribution in [2.75, 3.05) is 18.4 Å². The van der Waals surface area contributed by atoms with Crippen molar-refractivity contribution in [1.29, 1.82) is 0 Å². The molecule has 2 aromatic carbocycles. The van der Waals surface area contributed by atoms with Gasteiger partial charge in [-0.3, -0.25) is 14.3 Å². The Morgan fingerprint density at radius 2 is 2.00 bits per heavy atom. The number of aliphatic carboxylic acids is 1. The molecule has 1 fully saturated rings. The van der Waals surface area contributed by atoms with E-state index >= 15 is 0 Å². The van der Waals surface area contributed by atoms with Gasteiger partial charge in [-0.05, 0) is 43.2 Å². The lowest BCUT2D eigenvalue weighted by Gasteiger charge is -2.42. The fourth-order valence-electron chi connectivity index (χ4n) is 4.16. The van der Waals surface area contributed by atoms with Crippen molar-refractivity contribution < 1.29 is 32.6 Å². The molecule has 2 aliphatic heterocycles. The zero-order valence-corrected chi connectivity index (χ0v) is 19.3. The molecule has 11 heteroatoms. The fraction of sp³-hybridized carbons (Fsp3) is 0.364. The van der Waals surface area contributed by atoms with Gasteiger partial charge >= 0.3 is 5.97 Å².